The van der Waals surface area contributed by atoms with Crippen LogP contribution in [-0.4, -0.2) is 30.7 Å². The summed E-state index contributed by atoms with van der Waals surface area (Å²) < 4.78 is 45.9. The van der Waals surface area contributed by atoms with Crippen molar-refractivity contribution in [3.63, 3.8) is 0 Å². The molecule has 1 aliphatic rings. The van der Waals surface area contributed by atoms with Crippen molar-refractivity contribution >= 4 is 28.7 Å². The van der Waals surface area contributed by atoms with Crippen LogP contribution in [0.2, 0.25) is 0 Å². The number of aliphatic imine (C=N–C) groups is 1. The SMILES string of the molecule is Cc1nc(-c2cccc(C3=Nc4cc(N(C)C)c(C(F)(F)F)cc4NC(=O)C3)c2)co1. The van der Waals surface area contributed by atoms with Gasteiger partial charge >= 0.3 is 6.18 Å². The van der Waals surface area contributed by atoms with Gasteiger partial charge in [-0.25, -0.2) is 4.98 Å². The minimum absolute atomic E-state index is 0.0289. The zero-order valence-electron chi connectivity index (χ0n) is 17.0. The highest BCUT2D eigenvalue weighted by Gasteiger charge is 2.36. The molecule has 1 aromatic heterocycles. The van der Waals surface area contributed by atoms with Crippen LogP contribution >= 0.6 is 0 Å². The van der Waals surface area contributed by atoms with Gasteiger partial charge in [-0.2, -0.15) is 13.2 Å². The largest absolute Gasteiger partial charge is 0.449 e. The summed E-state index contributed by atoms with van der Waals surface area (Å²) in [5, 5.41) is 2.55. The molecule has 2 heterocycles. The molecule has 0 aliphatic carbocycles. The van der Waals surface area contributed by atoms with Gasteiger partial charge in [-0.3, -0.25) is 9.79 Å². The van der Waals surface area contributed by atoms with Gasteiger partial charge in [-0.15, -0.1) is 0 Å². The van der Waals surface area contributed by atoms with Crippen molar-refractivity contribution in [2.75, 3.05) is 24.3 Å². The second-order valence-electron chi connectivity index (χ2n) is 7.39. The van der Waals surface area contributed by atoms with E-state index in [1.54, 1.807) is 19.1 Å². The summed E-state index contributed by atoms with van der Waals surface area (Å²) in [4.78, 5) is 22.7. The molecule has 0 bridgehead atoms. The molecule has 0 saturated heterocycles. The molecule has 0 radical (unpaired) electrons. The summed E-state index contributed by atoms with van der Waals surface area (Å²) in [6, 6.07) is 9.55. The van der Waals surface area contributed by atoms with E-state index in [1.807, 2.05) is 12.1 Å². The van der Waals surface area contributed by atoms with Gasteiger partial charge in [0.1, 0.15) is 12.0 Å². The number of carbonyl (C=O) groups is 1. The number of hydrogen-bond donors (Lipinski definition) is 1. The van der Waals surface area contributed by atoms with Gasteiger partial charge in [-0.05, 0) is 23.8 Å². The fourth-order valence-electron chi connectivity index (χ4n) is 3.42. The molecule has 160 valence electrons. The number of carbonyl (C=O) groups excluding carboxylic acids is 1. The first-order valence-corrected chi connectivity index (χ1v) is 9.45. The third-order valence-corrected chi connectivity index (χ3v) is 4.87. The molecular weight excluding hydrogens is 409 g/mol. The number of hydrogen-bond acceptors (Lipinski definition) is 5. The Labute approximate surface area is 176 Å². The van der Waals surface area contributed by atoms with E-state index in [0.717, 1.165) is 11.6 Å². The second kappa shape index (κ2) is 7.57. The van der Waals surface area contributed by atoms with Crippen LogP contribution in [0.3, 0.4) is 0 Å². The molecule has 9 heteroatoms. The molecule has 0 unspecified atom stereocenters. The Morgan fingerprint density at radius 3 is 2.52 bits per heavy atom. The smallest absolute Gasteiger partial charge is 0.418 e. The fourth-order valence-corrected chi connectivity index (χ4v) is 3.42. The fraction of sp³-hybridized carbons (Fsp3) is 0.227. The lowest BCUT2D eigenvalue weighted by molar-refractivity contribution is -0.137. The van der Waals surface area contributed by atoms with Crippen molar-refractivity contribution in [3.8, 4) is 11.3 Å². The van der Waals surface area contributed by atoms with Gasteiger partial charge in [0, 0.05) is 26.6 Å². The summed E-state index contributed by atoms with van der Waals surface area (Å²) in [5.41, 5.74) is 1.97. The van der Waals surface area contributed by atoms with Crippen LogP contribution in [0.1, 0.15) is 23.4 Å². The molecule has 0 saturated carbocycles. The molecule has 0 spiro atoms. The Bertz CT molecular complexity index is 1200. The highest BCUT2D eigenvalue weighted by Crippen LogP contribution is 2.43. The lowest BCUT2D eigenvalue weighted by Gasteiger charge is -2.21. The van der Waals surface area contributed by atoms with Gasteiger partial charge in [0.05, 0.1) is 34.8 Å². The van der Waals surface area contributed by atoms with Crippen LogP contribution in [0.15, 0.2) is 52.1 Å². The minimum atomic E-state index is -4.57. The first-order chi connectivity index (χ1) is 14.6. The van der Waals surface area contributed by atoms with Gasteiger partial charge in [0.2, 0.25) is 5.91 Å². The summed E-state index contributed by atoms with van der Waals surface area (Å²) in [5.74, 6) is 0.0862. The zero-order chi connectivity index (χ0) is 22.3. The van der Waals surface area contributed by atoms with Crippen LogP contribution < -0.4 is 10.2 Å². The summed E-state index contributed by atoms with van der Waals surface area (Å²) >= 11 is 0. The first-order valence-electron chi connectivity index (χ1n) is 9.45. The zero-order valence-corrected chi connectivity index (χ0v) is 17.0. The number of nitrogens with zero attached hydrogens (tertiary/aromatic N) is 3. The maximum Gasteiger partial charge on any atom is 0.418 e. The van der Waals surface area contributed by atoms with Crippen LogP contribution in [0.25, 0.3) is 11.3 Å². The van der Waals surface area contributed by atoms with Gasteiger partial charge < -0.3 is 14.6 Å². The average molecular weight is 428 g/mol. The number of rotatable bonds is 3. The van der Waals surface area contributed by atoms with E-state index < -0.39 is 17.6 Å². The van der Waals surface area contributed by atoms with E-state index in [2.05, 4.69) is 15.3 Å². The van der Waals surface area contributed by atoms with Crippen molar-refractivity contribution in [1.82, 2.24) is 4.98 Å². The maximum atomic E-state index is 13.5. The third kappa shape index (κ3) is 4.16. The van der Waals surface area contributed by atoms with Gasteiger partial charge in [-0.1, -0.05) is 18.2 Å². The minimum Gasteiger partial charge on any atom is -0.449 e. The lowest BCUT2D eigenvalue weighted by atomic mass is 10.0. The number of fused-ring (bicyclic) bond motifs is 1. The van der Waals surface area contributed by atoms with E-state index in [9.17, 15) is 18.0 Å². The monoisotopic (exact) mass is 428 g/mol. The number of alkyl halides is 3. The normalized spacial score (nSPS) is 13.9. The van der Waals surface area contributed by atoms with E-state index >= 15 is 0 Å². The van der Waals surface area contributed by atoms with Crippen molar-refractivity contribution in [3.05, 3.63) is 59.7 Å². The van der Waals surface area contributed by atoms with Crippen molar-refractivity contribution in [2.45, 2.75) is 19.5 Å². The van der Waals surface area contributed by atoms with Crippen LogP contribution in [-0.2, 0) is 11.0 Å². The molecule has 3 aromatic rings. The summed E-state index contributed by atoms with van der Waals surface area (Å²) in [6.45, 7) is 1.74. The van der Waals surface area contributed by atoms with E-state index in [0.29, 0.717) is 22.9 Å². The second-order valence-corrected chi connectivity index (χ2v) is 7.39. The highest BCUT2D eigenvalue weighted by molar-refractivity contribution is 6.17. The first kappa shape index (κ1) is 20.6. The molecule has 31 heavy (non-hydrogen) atoms. The van der Waals surface area contributed by atoms with Crippen molar-refractivity contribution < 1.29 is 22.4 Å². The molecule has 1 aliphatic heterocycles. The third-order valence-electron chi connectivity index (χ3n) is 4.87. The van der Waals surface area contributed by atoms with Gasteiger partial charge in [0.15, 0.2) is 5.89 Å². The Balaban J connectivity index is 1.83. The topological polar surface area (TPSA) is 70.7 Å². The number of nitrogens with one attached hydrogen (secondary N) is 1. The summed E-state index contributed by atoms with van der Waals surface area (Å²) in [6.07, 6.45) is -3.11. The summed E-state index contributed by atoms with van der Waals surface area (Å²) in [7, 11) is 3.06. The Morgan fingerprint density at radius 1 is 1.13 bits per heavy atom. The molecule has 2 aromatic carbocycles. The Morgan fingerprint density at radius 2 is 1.87 bits per heavy atom. The van der Waals surface area contributed by atoms with Crippen LogP contribution in [0, 0.1) is 6.92 Å². The van der Waals surface area contributed by atoms with Crippen LogP contribution in [0.4, 0.5) is 30.2 Å². The van der Waals surface area contributed by atoms with Crippen molar-refractivity contribution in [1.29, 1.82) is 0 Å². The molecule has 4 rings (SSSR count). The number of benzene rings is 2. The number of oxazole rings is 1. The number of aryl methyl sites for hydroxylation is 1. The standard InChI is InChI=1S/C22H19F3N4O2/c1-12-26-19(11-31-12)14-6-4-5-13(7-14)16-10-21(30)28-17-8-15(22(23,24)25)20(29(2)3)9-18(17)27-16/h4-9,11H,10H2,1-3H3,(H,28,30). The Hall–Kier alpha value is -3.62. The quantitative estimate of drug-likeness (QED) is 0.623. The van der Waals surface area contributed by atoms with Crippen LogP contribution in [0.5, 0.6) is 0 Å². The number of anilines is 2. The number of amides is 1. The molecule has 6 nitrogen and oxygen atoms in total. The molecule has 0 fully saturated rings. The van der Waals surface area contributed by atoms with Crippen molar-refractivity contribution in [2.24, 2.45) is 4.99 Å². The van der Waals surface area contributed by atoms with E-state index in [4.69, 9.17) is 4.42 Å². The Kier molecular flexibility index (Phi) is 5.04. The lowest BCUT2D eigenvalue weighted by Crippen LogP contribution is -2.18. The molecular formula is C22H19F3N4O2. The number of aromatic nitrogens is 1. The predicted molar refractivity (Wildman–Crippen MR) is 112 cm³/mol. The average Bonchev–Trinajstić information content (AvgIpc) is 3.06. The number of halogens is 3. The molecule has 1 amide bonds. The molecule has 0 atom stereocenters. The van der Waals surface area contributed by atoms with Gasteiger partial charge in [0.25, 0.3) is 0 Å². The molecule has 1 N–H and O–H groups in total. The van der Waals surface area contributed by atoms with E-state index in [-0.39, 0.29) is 23.5 Å². The maximum absolute atomic E-state index is 13.5. The highest BCUT2D eigenvalue weighted by atomic mass is 19.4. The predicted octanol–water partition coefficient (Wildman–Crippen LogP) is 5.20. The van der Waals surface area contributed by atoms with E-state index in [1.165, 1.54) is 31.3 Å².